The van der Waals surface area contributed by atoms with E-state index in [1.165, 1.54) is 10.6 Å². The highest BCUT2D eigenvalue weighted by Gasteiger charge is 2.56. The Hall–Kier alpha value is -3.47. The molecule has 4 aromatic carbocycles. The first-order chi connectivity index (χ1) is 18.7. The standard InChI is InChI=1S/C31H29N2O3PS/c1-35-24-17-13-22(14-18-24)32-28-21-38-30(29(28)33(31(32)34)23-15-19-25(36-2)20-16-23)37(26-9-5-3-6-10-26)27-11-7-4-8-12-27/h3-20,28-30H,21H2,1-2H3. The summed E-state index contributed by atoms with van der Waals surface area (Å²) in [6.07, 6.45) is 0. The number of hydrogen-bond acceptors (Lipinski definition) is 4. The minimum atomic E-state index is -0.727. The Bertz CT molecular complexity index is 1350. The molecular weight excluding hydrogens is 511 g/mol. The smallest absolute Gasteiger partial charge is 0.329 e. The molecule has 2 heterocycles. The van der Waals surface area contributed by atoms with E-state index in [4.69, 9.17) is 9.47 Å². The molecule has 0 bridgehead atoms. The van der Waals surface area contributed by atoms with E-state index < -0.39 is 7.92 Å². The lowest BCUT2D eigenvalue weighted by molar-refractivity contribution is 0.255. The molecule has 6 rings (SSSR count). The number of methoxy groups -OCH3 is 2. The minimum Gasteiger partial charge on any atom is -0.497 e. The predicted octanol–water partition coefficient (Wildman–Crippen LogP) is 6.09. The van der Waals surface area contributed by atoms with Gasteiger partial charge in [0.05, 0.1) is 31.3 Å². The summed E-state index contributed by atoms with van der Waals surface area (Å²) in [5.74, 6) is 2.43. The Labute approximate surface area is 229 Å². The maximum Gasteiger partial charge on any atom is 0.329 e. The van der Waals surface area contributed by atoms with Crippen LogP contribution in [-0.2, 0) is 0 Å². The zero-order chi connectivity index (χ0) is 26.1. The molecule has 0 aromatic heterocycles. The van der Waals surface area contributed by atoms with Gasteiger partial charge in [0.2, 0.25) is 0 Å². The van der Waals surface area contributed by atoms with Crippen molar-refractivity contribution >= 4 is 47.7 Å². The summed E-state index contributed by atoms with van der Waals surface area (Å²) in [5.41, 5.74) is 1.79. The molecule has 192 valence electrons. The predicted molar refractivity (Wildman–Crippen MR) is 159 cm³/mol. The number of urea groups is 1. The third-order valence-electron chi connectivity index (χ3n) is 7.19. The number of carbonyl (C=O) groups is 1. The molecular formula is C31H29N2O3PS. The quantitative estimate of drug-likeness (QED) is 0.210. The number of nitrogens with zero attached hydrogens (tertiary/aromatic N) is 2. The van der Waals surface area contributed by atoms with Gasteiger partial charge in [-0.05, 0) is 67.1 Å². The molecule has 0 aliphatic carbocycles. The van der Waals surface area contributed by atoms with Crippen molar-refractivity contribution in [2.24, 2.45) is 0 Å². The third-order valence-corrected chi connectivity index (χ3v) is 11.9. The van der Waals surface area contributed by atoms with Crippen molar-refractivity contribution in [1.82, 2.24) is 0 Å². The van der Waals surface area contributed by atoms with Crippen LogP contribution < -0.4 is 29.9 Å². The van der Waals surface area contributed by atoms with Crippen molar-refractivity contribution < 1.29 is 14.3 Å². The summed E-state index contributed by atoms with van der Waals surface area (Å²) in [6, 6.07) is 37.3. The highest BCUT2D eigenvalue weighted by atomic mass is 32.2. The van der Waals surface area contributed by atoms with Crippen LogP contribution in [0.2, 0.25) is 0 Å². The summed E-state index contributed by atoms with van der Waals surface area (Å²) in [4.78, 5) is 18.5. The molecule has 0 radical (unpaired) electrons. The zero-order valence-corrected chi connectivity index (χ0v) is 23.0. The van der Waals surface area contributed by atoms with E-state index in [9.17, 15) is 4.79 Å². The van der Waals surface area contributed by atoms with Gasteiger partial charge in [-0.15, -0.1) is 11.8 Å². The summed E-state index contributed by atoms with van der Waals surface area (Å²) in [6.45, 7) is 0. The summed E-state index contributed by atoms with van der Waals surface area (Å²) in [7, 11) is 2.59. The average Bonchev–Trinajstić information content (AvgIpc) is 3.51. The number of carbonyl (C=O) groups excluding carboxylic acids is 1. The molecule has 0 spiro atoms. The fraction of sp³-hybridized carbons (Fsp3) is 0.194. The number of thioether (sulfide) groups is 1. The van der Waals surface area contributed by atoms with E-state index >= 15 is 0 Å². The number of hydrogen-bond donors (Lipinski definition) is 0. The number of amides is 2. The van der Waals surface area contributed by atoms with Gasteiger partial charge in [0, 0.05) is 17.1 Å². The van der Waals surface area contributed by atoms with Crippen LogP contribution in [0.5, 0.6) is 11.5 Å². The molecule has 3 atom stereocenters. The summed E-state index contributed by atoms with van der Waals surface area (Å²) in [5, 5.41) is 2.66. The fourth-order valence-electron chi connectivity index (χ4n) is 5.41. The van der Waals surface area contributed by atoms with Gasteiger partial charge >= 0.3 is 6.03 Å². The minimum absolute atomic E-state index is 0.00881. The molecule has 5 nitrogen and oxygen atoms in total. The second-order valence-electron chi connectivity index (χ2n) is 9.24. The zero-order valence-electron chi connectivity index (χ0n) is 21.3. The topological polar surface area (TPSA) is 42.0 Å². The molecule has 2 saturated heterocycles. The van der Waals surface area contributed by atoms with E-state index in [1.807, 2.05) is 70.1 Å². The second-order valence-corrected chi connectivity index (χ2v) is 13.1. The molecule has 2 aliphatic rings. The lowest BCUT2D eigenvalue weighted by Gasteiger charge is -2.33. The van der Waals surface area contributed by atoms with Crippen LogP contribution in [0.25, 0.3) is 0 Å². The van der Waals surface area contributed by atoms with Crippen LogP contribution in [0.1, 0.15) is 0 Å². The Balaban J connectivity index is 1.46. The fourth-order valence-corrected chi connectivity index (χ4v) is 10.7. The Morgan fingerprint density at radius 2 is 1.16 bits per heavy atom. The van der Waals surface area contributed by atoms with Gasteiger partial charge < -0.3 is 9.47 Å². The van der Waals surface area contributed by atoms with Gasteiger partial charge in [0.1, 0.15) is 11.5 Å². The van der Waals surface area contributed by atoms with Crippen molar-refractivity contribution in [2.75, 3.05) is 29.8 Å². The third kappa shape index (κ3) is 4.42. The van der Waals surface area contributed by atoms with Crippen molar-refractivity contribution in [3.8, 4) is 11.5 Å². The highest BCUT2D eigenvalue weighted by molar-refractivity contribution is 8.08. The Morgan fingerprint density at radius 1 is 0.684 bits per heavy atom. The maximum atomic E-state index is 14.3. The van der Waals surface area contributed by atoms with Gasteiger partial charge in [0.25, 0.3) is 0 Å². The van der Waals surface area contributed by atoms with Gasteiger partial charge in [-0.3, -0.25) is 9.80 Å². The number of ether oxygens (including phenoxy) is 2. The first kappa shape index (κ1) is 24.8. The molecule has 2 aliphatic heterocycles. The van der Waals surface area contributed by atoms with Crippen molar-refractivity contribution in [3.05, 3.63) is 109 Å². The van der Waals surface area contributed by atoms with E-state index in [-0.39, 0.29) is 23.1 Å². The molecule has 38 heavy (non-hydrogen) atoms. The molecule has 3 unspecified atom stereocenters. The largest absolute Gasteiger partial charge is 0.497 e. The number of anilines is 2. The number of benzene rings is 4. The van der Waals surface area contributed by atoms with Gasteiger partial charge in [-0.1, -0.05) is 60.7 Å². The second kappa shape index (κ2) is 10.7. The van der Waals surface area contributed by atoms with E-state index in [0.717, 1.165) is 28.6 Å². The normalized spacial score (nSPS) is 20.6. The summed E-state index contributed by atoms with van der Waals surface area (Å²) < 4.78 is 10.8. The Kier molecular flexibility index (Phi) is 7.01. The molecule has 2 amide bonds. The summed E-state index contributed by atoms with van der Waals surface area (Å²) >= 11 is 1.99. The average molecular weight is 541 g/mol. The van der Waals surface area contributed by atoms with Gasteiger partial charge in [-0.25, -0.2) is 4.79 Å². The van der Waals surface area contributed by atoms with Crippen molar-refractivity contribution in [2.45, 2.75) is 17.1 Å². The van der Waals surface area contributed by atoms with Gasteiger partial charge in [-0.2, -0.15) is 0 Å². The lowest BCUT2D eigenvalue weighted by atomic mass is 10.1. The molecule has 0 saturated carbocycles. The Morgan fingerprint density at radius 3 is 1.63 bits per heavy atom. The van der Waals surface area contributed by atoms with Crippen LogP contribution in [0, 0.1) is 0 Å². The van der Waals surface area contributed by atoms with E-state index in [0.29, 0.717) is 0 Å². The van der Waals surface area contributed by atoms with Crippen molar-refractivity contribution in [1.29, 1.82) is 0 Å². The van der Waals surface area contributed by atoms with E-state index in [1.54, 1.807) is 14.2 Å². The van der Waals surface area contributed by atoms with Crippen LogP contribution in [-0.4, -0.2) is 43.1 Å². The van der Waals surface area contributed by atoms with Crippen LogP contribution >= 0.6 is 19.7 Å². The van der Waals surface area contributed by atoms with Crippen LogP contribution in [0.3, 0.4) is 0 Å². The molecule has 2 fully saturated rings. The molecule has 7 heteroatoms. The number of fused-ring (bicyclic) bond motifs is 1. The highest BCUT2D eigenvalue weighted by Crippen LogP contribution is 2.56. The monoisotopic (exact) mass is 540 g/mol. The number of rotatable bonds is 7. The van der Waals surface area contributed by atoms with Crippen molar-refractivity contribution in [3.63, 3.8) is 0 Å². The first-order valence-corrected chi connectivity index (χ1v) is 15.1. The SMILES string of the molecule is COc1ccc(N2C(=O)N(c3ccc(OC)cc3)C3C2CSC3P(c2ccccc2)c2ccccc2)cc1. The van der Waals surface area contributed by atoms with Crippen LogP contribution in [0.15, 0.2) is 109 Å². The van der Waals surface area contributed by atoms with E-state index in [2.05, 4.69) is 60.7 Å². The molecule has 4 aromatic rings. The van der Waals surface area contributed by atoms with Crippen LogP contribution in [0.4, 0.5) is 16.2 Å². The first-order valence-electron chi connectivity index (χ1n) is 12.6. The van der Waals surface area contributed by atoms with Gasteiger partial charge in [0.15, 0.2) is 0 Å². The maximum absolute atomic E-state index is 14.3. The lowest BCUT2D eigenvalue weighted by Crippen LogP contribution is -2.42. The molecule has 0 N–H and O–H groups in total.